The zero-order valence-electron chi connectivity index (χ0n) is 14.2. The molecule has 23 heavy (non-hydrogen) atoms. The second-order valence-corrected chi connectivity index (χ2v) is 6.69. The number of hydrogen-bond donors (Lipinski definition) is 0. The minimum atomic E-state index is -0.134. The van der Waals surface area contributed by atoms with E-state index < -0.39 is 0 Å². The van der Waals surface area contributed by atoms with Gasteiger partial charge in [-0.3, -0.25) is 9.69 Å². The molecule has 1 aliphatic carbocycles. The summed E-state index contributed by atoms with van der Waals surface area (Å²) in [6, 6.07) is 10.9. The van der Waals surface area contributed by atoms with Crippen LogP contribution in [0, 0.1) is 5.92 Å². The fraction of sp³-hybridized carbons (Fsp3) is 0.550. The summed E-state index contributed by atoms with van der Waals surface area (Å²) in [6.07, 6.45) is 8.73. The minimum Gasteiger partial charge on any atom is -0.465 e. The van der Waals surface area contributed by atoms with Crippen LogP contribution in [0.1, 0.15) is 51.1 Å². The fourth-order valence-electron chi connectivity index (χ4n) is 3.90. The second-order valence-electron chi connectivity index (χ2n) is 6.69. The first-order valence-electron chi connectivity index (χ1n) is 8.89. The molecule has 0 saturated carbocycles. The Morgan fingerprint density at radius 1 is 1.26 bits per heavy atom. The lowest BCUT2D eigenvalue weighted by atomic mass is 9.78. The molecular weight excluding hydrogens is 286 g/mol. The third-order valence-corrected chi connectivity index (χ3v) is 5.20. The Morgan fingerprint density at radius 3 is 2.70 bits per heavy atom. The maximum atomic E-state index is 12.7. The third kappa shape index (κ3) is 3.35. The van der Waals surface area contributed by atoms with Gasteiger partial charge in [0, 0.05) is 18.0 Å². The van der Waals surface area contributed by atoms with Crippen molar-refractivity contribution >= 4 is 5.97 Å². The van der Waals surface area contributed by atoms with Crippen LogP contribution in [0.2, 0.25) is 0 Å². The summed E-state index contributed by atoms with van der Waals surface area (Å²) in [5.41, 5.74) is 1.26. The average molecular weight is 313 g/mol. The quantitative estimate of drug-likeness (QED) is 0.450. The van der Waals surface area contributed by atoms with Gasteiger partial charge in [-0.05, 0) is 31.7 Å². The van der Waals surface area contributed by atoms with E-state index in [1.165, 1.54) is 5.56 Å². The normalized spacial score (nSPS) is 27.8. The molecule has 2 bridgehead atoms. The van der Waals surface area contributed by atoms with Gasteiger partial charge in [-0.1, -0.05) is 55.8 Å². The number of carbonyl (C=O) groups is 1. The van der Waals surface area contributed by atoms with E-state index in [9.17, 15) is 4.79 Å². The van der Waals surface area contributed by atoms with Gasteiger partial charge in [0.2, 0.25) is 0 Å². The summed E-state index contributed by atoms with van der Waals surface area (Å²) < 4.78 is 5.58. The molecule has 2 heterocycles. The zero-order valence-corrected chi connectivity index (χ0v) is 14.2. The SMILES string of the molecule is CCCCOC(=O)[C@@H]1C2C=CC(CC2)N1[C@H](C)c1ccccc1. The Morgan fingerprint density at radius 2 is 2.04 bits per heavy atom. The number of esters is 1. The van der Waals surface area contributed by atoms with Crippen molar-refractivity contribution in [2.24, 2.45) is 5.92 Å². The first kappa shape index (κ1) is 16.3. The van der Waals surface area contributed by atoms with Crippen molar-refractivity contribution in [3.8, 4) is 0 Å². The van der Waals surface area contributed by atoms with E-state index in [2.05, 4.69) is 55.2 Å². The summed E-state index contributed by atoms with van der Waals surface area (Å²) in [4.78, 5) is 15.1. The lowest BCUT2D eigenvalue weighted by molar-refractivity contribution is -0.156. The summed E-state index contributed by atoms with van der Waals surface area (Å²) in [5, 5.41) is 0. The van der Waals surface area contributed by atoms with Crippen LogP contribution in [0.5, 0.6) is 0 Å². The van der Waals surface area contributed by atoms with Gasteiger partial charge in [0.1, 0.15) is 6.04 Å². The van der Waals surface area contributed by atoms with Crippen molar-refractivity contribution in [3.05, 3.63) is 48.0 Å². The van der Waals surface area contributed by atoms with Crippen molar-refractivity contribution < 1.29 is 9.53 Å². The fourth-order valence-corrected chi connectivity index (χ4v) is 3.90. The molecule has 0 spiro atoms. The molecule has 1 aromatic carbocycles. The van der Waals surface area contributed by atoms with Gasteiger partial charge >= 0.3 is 5.97 Å². The summed E-state index contributed by atoms with van der Waals surface area (Å²) in [5.74, 6) is 0.251. The van der Waals surface area contributed by atoms with Crippen LogP contribution in [-0.2, 0) is 9.53 Å². The molecular formula is C20H27NO2. The number of benzene rings is 1. The van der Waals surface area contributed by atoms with Crippen LogP contribution in [0.4, 0.5) is 0 Å². The summed E-state index contributed by atoms with van der Waals surface area (Å²) >= 11 is 0. The van der Waals surface area contributed by atoms with Gasteiger partial charge in [0.15, 0.2) is 0 Å². The number of carbonyl (C=O) groups excluding carboxylic acids is 1. The molecule has 124 valence electrons. The van der Waals surface area contributed by atoms with Crippen LogP contribution in [0.15, 0.2) is 42.5 Å². The number of ether oxygens (including phenoxy) is 1. The van der Waals surface area contributed by atoms with Crippen molar-refractivity contribution in [2.45, 2.75) is 57.7 Å². The molecule has 0 aromatic heterocycles. The van der Waals surface area contributed by atoms with Gasteiger partial charge < -0.3 is 4.74 Å². The van der Waals surface area contributed by atoms with E-state index in [1.54, 1.807) is 0 Å². The summed E-state index contributed by atoms with van der Waals surface area (Å²) in [6.45, 7) is 4.86. The van der Waals surface area contributed by atoms with Gasteiger partial charge in [-0.25, -0.2) is 0 Å². The molecule has 1 saturated heterocycles. The molecule has 0 radical (unpaired) electrons. The van der Waals surface area contributed by atoms with Crippen molar-refractivity contribution in [2.75, 3.05) is 6.61 Å². The second kappa shape index (κ2) is 7.31. The molecule has 3 nitrogen and oxygen atoms in total. The maximum Gasteiger partial charge on any atom is 0.324 e. The molecule has 3 aliphatic rings. The number of unbranched alkanes of at least 4 members (excludes halogenated alkanes) is 1. The van der Waals surface area contributed by atoms with E-state index in [0.717, 1.165) is 25.7 Å². The van der Waals surface area contributed by atoms with Crippen LogP contribution < -0.4 is 0 Å². The first-order chi connectivity index (χ1) is 11.2. The third-order valence-electron chi connectivity index (χ3n) is 5.20. The van der Waals surface area contributed by atoms with Gasteiger partial charge in [0.05, 0.1) is 6.61 Å². The Bertz CT molecular complexity index is 554. The van der Waals surface area contributed by atoms with Crippen molar-refractivity contribution in [1.82, 2.24) is 4.90 Å². The van der Waals surface area contributed by atoms with Crippen LogP contribution in [0.3, 0.4) is 0 Å². The molecule has 2 aliphatic heterocycles. The van der Waals surface area contributed by atoms with Crippen molar-refractivity contribution in [1.29, 1.82) is 0 Å². The highest BCUT2D eigenvalue weighted by Crippen LogP contribution is 2.40. The van der Waals surface area contributed by atoms with Crippen molar-refractivity contribution in [3.63, 3.8) is 0 Å². The number of rotatable bonds is 6. The minimum absolute atomic E-state index is 0.0414. The topological polar surface area (TPSA) is 29.5 Å². The van der Waals surface area contributed by atoms with E-state index in [0.29, 0.717) is 18.6 Å². The number of fused-ring (bicyclic) bond motifs is 2. The lowest BCUT2D eigenvalue weighted by Crippen LogP contribution is -2.57. The van der Waals surface area contributed by atoms with E-state index >= 15 is 0 Å². The highest BCUT2D eigenvalue weighted by molar-refractivity contribution is 5.77. The number of hydrogen-bond acceptors (Lipinski definition) is 3. The highest BCUT2D eigenvalue weighted by atomic mass is 16.5. The Hall–Kier alpha value is -1.61. The molecule has 0 amide bonds. The first-order valence-corrected chi connectivity index (χ1v) is 8.89. The van der Waals surface area contributed by atoms with Gasteiger partial charge in [-0.15, -0.1) is 0 Å². The van der Waals surface area contributed by atoms with E-state index in [-0.39, 0.29) is 18.1 Å². The molecule has 2 unspecified atom stereocenters. The predicted molar refractivity (Wildman–Crippen MR) is 92.0 cm³/mol. The van der Waals surface area contributed by atoms with Gasteiger partial charge in [-0.2, -0.15) is 0 Å². The molecule has 3 heteroatoms. The predicted octanol–water partition coefficient (Wildman–Crippen LogP) is 4.11. The summed E-state index contributed by atoms with van der Waals surface area (Å²) in [7, 11) is 0. The monoisotopic (exact) mass is 313 g/mol. The van der Waals surface area contributed by atoms with E-state index in [4.69, 9.17) is 4.74 Å². The standard InChI is InChI=1S/C20H27NO2/c1-3-4-14-23-20(22)19-17-10-12-18(13-11-17)21(19)15(2)16-8-6-5-7-9-16/h5-10,12,15,17-19H,3-4,11,13-14H2,1-2H3/t15-,17?,18?,19+/m1/s1. The van der Waals surface area contributed by atoms with Crippen LogP contribution >= 0.6 is 0 Å². The molecule has 4 atom stereocenters. The maximum absolute atomic E-state index is 12.7. The largest absolute Gasteiger partial charge is 0.465 e. The van der Waals surface area contributed by atoms with E-state index in [1.807, 2.05) is 6.07 Å². The van der Waals surface area contributed by atoms with Gasteiger partial charge in [0.25, 0.3) is 0 Å². The Labute approximate surface area is 139 Å². The van der Waals surface area contributed by atoms with Crippen LogP contribution in [-0.4, -0.2) is 29.6 Å². The molecule has 4 rings (SSSR count). The lowest BCUT2D eigenvalue weighted by Gasteiger charge is -2.49. The number of piperidine rings is 1. The smallest absolute Gasteiger partial charge is 0.324 e. The molecule has 0 N–H and O–H groups in total. The highest BCUT2D eigenvalue weighted by Gasteiger charge is 2.45. The zero-order chi connectivity index (χ0) is 16.2. The molecule has 1 aromatic rings. The molecule has 1 fully saturated rings. The average Bonchev–Trinajstić information content (AvgIpc) is 2.62. The van der Waals surface area contributed by atoms with Crippen LogP contribution in [0.25, 0.3) is 0 Å². The number of nitrogens with zero attached hydrogens (tertiary/aromatic N) is 1. The Kier molecular flexibility index (Phi) is 5.16. The Balaban J connectivity index is 1.80.